The van der Waals surface area contributed by atoms with Crippen LogP contribution in [0.2, 0.25) is 0 Å². The molecule has 1 atom stereocenters. The Balaban J connectivity index is 1.86. The number of nitrogens with zero attached hydrogens (tertiary/aromatic N) is 1. The highest BCUT2D eigenvalue weighted by molar-refractivity contribution is 5.81. The summed E-state index contributed by atoms with van der Waals surface area (Å²) < 4.78 is 5.24. The van der Waals surface area contributed by atoms with Gasteiger partial charge in [-0.15, -0.1) is 0 Å². The lowest BCUT2D eigenvalue weighted by molar-refractivity contribution is -0.133. The van der Waals surface area contributed by atoms with Gasteiger partial charge < -0.3 is 9.64 Å². The van der Waals surface area contributed by atoms with E-state index in [-0.39, 0.29) is 11.9 Å². The fourth-order valence-electron chi connectivity index (χ4n) is 3.39. The largest absolute Gasteiger partial charge is 0.497 e. The van der Waals surface area contributed by atoms with E-state index in [1.807, 2.05) is 35.2 Å². The summed E-state index contributed by atoms with van der Waals surface area (Å²) in [6, 6.07) is 18.5. The normalized spacial score (nSPS) is 17.8. The third kappa shape index (κ3) is 3.93. The zero-order valence-corrected chi connectivity index (χ0v) is 15.2. The molecule has 2 aromatic rings. The van der Waals surface area contributed by atoms with E-state index in [2.05, 4.69) is 38.1 Å². The molecule has 1 unspecified atom stereocenters. The van der Waals surface area contributed by atoms with Crippen molar-refractivity contribution in [3.8, 4) is 5.75 Å². The Morgan fingerprint density at radius 2 is 1.68 bits per heavy atom. The van der Waals surface area contributed by atoms with E-state index < -0.39 is 0 Å². The first kappa shape index (κ1) is 17.3. The third-order valence-electron chi connectivity index (χ3n) is 5.07. The van der Waals surface area contributed by atoms with Crippen LogP contribution in [0, 0.1) is 0 Å². The van der Waals surface area contributed by atoms with E-state index in [9.17, 15) is 4.79 Å². The van der Waals surface area contributed by atoms with Crippen LogP contribution in [0.25, 0.3) is 0 Å². The van der Waals surface area contributed by atoms with Gasteiger partial charge in [0, 0.05) is 13.0 Å². The lowest BCUT2D eigenvalue weighted by Gasteiger charge is -2.37. The number of methoxy groups -OCH3 is 1. The summed E-state index contributed by atoms with van der Waals surface area (Å²) in [5, 5.41) is 0. The van der Waals surface area contributed by atoms with Crippen molar-refractivity contribution in [1.82, 2.24) is 4.90 Å². The van der Waals surface area contributed by atoms with Gasteiger partial charge in [0.2, 0.25) is 5.91 Å². The molecule has 3 nitrogen and oxygen atoms in total. The Labute approximate surface area is 149 Å². The molecule has 0 N–H and O–H groups in total. The highest BCUT2D eigenvalue weighted by Crippen LogP contribution is 2.29. The molecule has 3 heteroatoms. The number of carbonyl (C=O) groups excluding carboxylic acids is 1. The number of amides is 1. The number of carbonyl (C=O) groups is 1. The molecule has 3 rings (SSSR count). The standard InChI is InChI=1S/C22H25NO2/c1-16-13-22(24)23(15-19-7-5-4-6-8-19)21(17(16)2)14-18-9-11-20(25-3)12-10-18/h4-12,21H,13-15H2,1-3H3. The van der Waals surface area contributed by atoms with Gasteiger partial charge in [-0.05, 0) is 43.5 Å². The van der Waals surface area contributed by atoms with E-state index in [0.717, 1.165) is 12.2 Å². The predicted octanol–water partition coefficient (Wildman–Crippen LogP) is 4.38. The van der Waals surface area contributed by atoms with Crippen LogP contribution in [-0.2, 0) is 17.8 Å². The van der Waals surface area contributed by atoms with Crippen LogP contribution in [0.4, 0.5) is 0 Å². The highest BCUT2D eigenvalue weighted by Gasteiger charge is 2.30. The maximum Gasteiger partial charge on any atom is 0.227 e. The maximum atomic E-state index is 12.7. The van der Waals surface area contributed by atoms with Gasteiger partial charge in [-0.25, -0.2) is 0 Å². The predicted molar refractivity (Wildman–Crippen MR) is 100 cm³/mol. The van der Waals surface area contributed by atoms with Crippen LogP contribution in [0.5, 0.6) is 5.75 Å². The van der Waals surface area contributed by atoms with E-state index in [4.69, 9.17) is 4.74 Å². The molecule has 1 aliphatic rings. The molecule has 2 aromatic carbocycles. The van der Waals surface area contributed by atoms with Gasteiger partial charge >= 0.3 is 0 Å². The van der Waals surface area contributed by atoms with E-state index in [1.54, 1.807) is 7.11 Å². The van der Waals surface area contributed by atoms with E-state index in [1.165, 1.54) is 22.3 Å². The molecular weight excluding hydrogens is 310 g/mol. The lowest BCUT2D eigenvalue weighted by atomic mass is 9.89. The SMILES string of the molecule is COc1ccc(CC2C(C)=C(C)CC(=O)N2Cc2ccccc2)cc1. The summed E-state index contributed by atoms with van der Waals surface area (Å²) in [5.41, 5.74) is 4.90. The van der Waals surface area contributed by atoms with Crippen molar-refractivity contribution >= 4 is 5.91 Å². The van der Waals surface area contributed by atoms with Crippen LogP contribution in [0.3, 0.4) is 0 Å². The molecule has 0 aromatic heterocycles. The van der Waals surface area contributed by atoms with Crippen molar-refractivity contribution in [1.29, 1.82) is 0 Å². The Hall–Kier alpha value is -2.55. The minimum Gasteiger partial charge on any atom is -0.497 e. The second kappa shape index (κ2) is 7.56. The topological polar surface area (TPSA) is 29.5 Å². The van der Waals surface area contributed by atoms with E-state index >= 15 is 0 Å². The number of ether oxygens (including phenoxy) is 1. The quantitative estimate of drug-likeness (QED) is 0.759. The average Bonchev–Trinajstić information content (AvgIpc) is 2.64. The lowest BCUT2D eigenvalue weighted by Crippen LogP contribution is -2.45. The summed E-state index contributed by atoms with van der Waals surface area (Å²) in [6.45, 7) is 4.90. The third-order valence-corrected chi connectivity index (χ3v) is 5.07. The van der Waals surface area contributed by atoms with Crippen LogP contribution in [0.15, 0.2) is 65.7 Å². The van der Waals surface area contributed by atoms with Crippen LogP contribution < -0.4 is 4.74 Å². The van der Waals surface area contributed by atoms with Crippen molar-refractivity contribution in [2.24, 2.45) is 0 Å². The molecule has 0 spiro atoms. The summed E-state index contributed by atoms with van der Waals surface area (Å²) in [6.07, 6.45) is 1.35. The van der Waals surface area contributed by atoms with Crippen molar-refractivity contribution in [2.75, 3.05) is 7.11 Å². The number of hydrogen-bond donors (Lipinski definition) is 0. The van der Waals surface area contributed by atoms with Gasteiger partial charge in [0.15, 0.2) is 0 Å². The summed E-state index contributed by atoms with van der Waals surface area (Å²) in [4.78, 5) is 14.8. The minimum absolute atomic E-state index is 0.106. The number of benzene rings is 2. The molecular formula is C22H25NO2. The fraction of sp³-hybridized carbons (Fsp3) is 0.318. The van der Waals surface area contributed by atoms with Gasteiger partial charge in [0.05, 0.1) is 13.2 Å². The van der Waals surface area contributed by atoms with Crippen molar-refractivity contribution in [3.63, 3.8) is 0 Å². The van der Waals surface area contributed by atoms with Crippen LogP contribution in [0.1, 0.15) is 31.4 Å². The van der Waals surface area contributed by atoms with Gasteiger partial charge in [-0.2, -0.15) is 0 Å². The Morgan fingerprint density at radius 3 is 2.32 bits per heavy atom. The van der Waals surface area contributed by atoms with Crippen LogP contribution in [-0.4, -0.2) is 24.0 Å². The molecule has 130 valence electrons. The molecule has 0 aliphatic carbocycles. The first-order valence-electron chi connectivity index (χ1n) is 8.71. The molecule has 1 aliphatic heterocycles. The van der Waals surface area contributed by atoms with Crippen molar-refractivity contribution < 1.29 is 9.53 Å². The minimum atomic E-state index is 0.106. The van der Waals surface area contributed by atoms with E-state index in [0.29, 0.717) is 13.0 Å². The summed E-state index contributed by atoms with van der Waals surface area (Å²) >= 11 is 0. The second-order valence-corrected chi connectivity index (χ2v) is 6.72. The van der Waals surface area contributed by atoms with Crippen LogP contribution >= 0.6 is 0 Å². The van der Waals surface area contributed by atoms with Crippen molar-refractivity contribution in [3.05, 3.63) is 76.9 Å². The second-order valence-electron chi connectivity index (χ2n) is 6.72. The zero-order valence-electron chi connectivity index (χ0n) is 15.2. The monoisotopic (exact) mass is 335 g/mol. The first-order valence-corrected chi connectivity index (χ1v) is 8.71. The molecule has 0 fully saturated rings. The molecule has 0 bridgehead atoms. The maximum absolute atomic E-state index is 12.7. The fourth-order valence-corrected chi connectivity index (χ4v) is 3.39. The molecule has 0 radical (unpaired) electrons. The summed E-state index contributed by atoms with van der Waals surface area (Å²) in [7, 11) is 1.67. The Bertz CT molecular complexity index is 762. The van der Waals surface area contributed by atoms with Crippen molar-refractivity contribution in [2.45, 2.75) is 39.3 Å². The average molecular weight is 335 g/mol. The zero-order chi connectivity index (χ0) is 17.8. The molecule has 1 heterocycles. The molecule has 1 amide bonds. The van der Waals surface area contributed by atoms with Gasteiger partial charge in [-0.3, -0.25) is 4.79 Å². The Morgan fingerprint density at radius 1 is 1.00 bits per heavy atom. The van der Waals surface area contributed by atoms with Gasteiger partial charge in [-0.1, -0.05) is 53.6 Å². The first-order chi connectivity index (χ1) is 12.1. The molecule has 0 saturated carbocycles. The molecule has 0 saturated heterocycles. The summed E-state index contributed by atoms with van der Waals surface area (Å²) in [5.74, 6) is 1.07. The smallest absolute Gasteiger partial charge is 0.227 e. The number of rotatable bonds is 5. The molecule has 25 heavy (non-hydrogen) atoms. The number of hydrogen-bond acceptors (Lipinski definition) is 2. The Kier molecular flexibility index (Phi) is 5.22. The van der Waals surface area contributed by atoms with Gasteiger partial charge in [0.25, 0.3) is 0 Å². The highest BCUT2D eigenvalue weighted by atomic mass is 16.5. The van der Waals surface area contributed by atoms with Gasteiger partial charge in [0.1, 0.15) is 5.75 Å².